The second-order valence-electron chi connectivity index (χ2n) is 3.00. The molecule has 0 aromatic heterocycles. The first kappa shape index (κ1) is 9.85. The Morgan fingerprint density at radius 3 is 1.77 bits per heavy atom. The highest BCUT2D eigenvalue weighted by molar-refractivity contribution is 5.35. The van der Waals surface area contributed by atoms with Gasteiger partial charge in [0.25, 0.3) is 0 Å². The highest BCUT2D eigenvalue weighted by Gasteiger charge is 2.30. The van der Waals surface area contributed by atoms with Crippen molar-refractivity contribution in [3.05, 3.63) is 48.9 Å². The summed E-state index contributed by atoms with van der Waals surface area (Å²) in [7, 11) is 0. The van der Waals surface area contributed by atoms with E-state index in [-0.39, 0.29) is 0 Å². The molecule has 0 amide bonds. The first-order valence-corrected chi connectivity index (χ1v) is 4.78. The Kier molecular flexibility index (Phi) is 3.13. The van der Waals surface area contributed by atoms with E-state index in [9.17, 15) is 0 Å². The van der Waals surface area contributed by atoms with Crippen molar-refractivity contribution in [3.8, 4) is 0 Å². The molecule has 2 unspecified atom stereocenters. The summed E-state index contributed by atoms with van der Waals surface area (Å²) in [6.45, 7) is 11.9. The molecule has 1 heterocycles. The molecule has 0 bridgehead atoms. The molecule has 0 saturated carbocycles. The van der Waals surface area contributed by atoms with E-state index < -0.39 is 0 Å². The topological polar surface area (TPSA) is 12.0 Å². The summed E-state index contributed by atoms with van der Waals surface area (Å²) >= 11 is 0. The van der Waals surface area contributed by atoms with E-state index in [1.807, 2.05) is 13.8 Å². The van der Waals surface area contributed by atoms with Gasteiger partial charge in [-0.25, -0.2) is 0 Å². The number of rotatable bonds is 0. The summed E-state index contributed by atoms with van der Waals surface area (Å²) < 4.78 is 0. The third-order valence-corrected chi connectivity index (χ3v) is 2.26. The lowest BCUT2D eigenvalue weighted by Gasteiger charge is -2.13. The summed E-state index contributed by atoms with van der Waals surface area (Å²) in [4.78, 5) is 0. The lowest BCUT2D eigenvalue weighted by atomic mass is 9.89. The largest absolute Gasteiger partial charge is 0.362 e. The van der Waals surface area contributed by atoms with Gasteiger partial charge < -0.3 is 5.32 Å². The van der Waals surface area contributed by atoms with Crippen LogP contribution < -0.4 is 5.32 Å². The Bertz CT molecular complexity index is 243. The molecule has 1 heteroatoms. The van der Waals surface area contributed by atoms with Crippen LogP contribution in [0, 0.1) is 11.8 Å². The minimum Gasteiger partial charge on any atom is -0.362 e. The molecule has 2 rings (SSSR count). The summed E-state index contributed by atoms with van der Waals surface area (Å²) in [6, 6.07) is 0. The molecule has 70 valence electrons. The van der Waals surface area contributed by atoms with Crippen LogP contribution in [0.1, 0.15) is 13.8 Å². The number of nitrogens with one attached hydrogen (secondary N) is 1. The van der Waals surface area contributed by atoms with Gasteiger partial charge in [-0.15, -0.1) is 0 Å². The Morgan fingerprint density at radius 1 is 1.00 bits per heavy atom. The molecule has 1 saturated heterocycles. The minimum atomic E-state index is 0.437. The zero-order valence-electron chi connectivity index (χ0n) is 8.38. The molecule has 1 N–H and O–H groups in total. The van der Waals surface area contributed by atoms with Crippen molar-refractivity contribution in [2.45, 2.75) is 13.8 Å². The summed E-state index contributed by atoms with van der Waals surface area (Å²) in [6.07, 6.45) is 8.45. The molecule has 0 spiro atoms. The molecule has 2 aliphatic rings. The predicted octanol–water partition coefficient (Wildman–Crippen LogP) is 3.00. The zero-order chi connectivity index (χ0) is 9.84. The van der Waals surface area contributed by atoms with Crippen LogP contribution in [0.25, 0.3) is 0 Å². The van der Waals surface area contributed by atoms with Crippen LogP contribution in [-0.4, -0.2) is 0 Å². The lowest BCUT2D eigenvalue weighted by molar-refractivity contribution is 0.670. The molecule has 1 aliphatic heterocycles. The van der Waals surface area contributed by atoms with Gasteiger partial charge in [-0.05, 0) is 0 Å². The second kappa shape index (κ2) is 4.13. The van der Waals surface area contributed by atoms with Crippen molar-refractivity contribution in [1.82, 2.24) is 5.32 Å². The van der Waals surface area contributed by atoms with Crippen molar-refractivity contribution >= 4 is 0 Å². The smallest absolute Gasteiger partial charge is 0.0284 e. The van der Waals surface area contributed by atoms with E-state index in [2.05, 4.69) is 42.8 Å². The third-order valence-electron chi connectivity index (χ3n) is 2.26. The van der Waals surface area contributed by atoms with Crippen LogP contribution >= 0.6 is 0 Å². The quantitative estimate of drug-likeness (QED) is 0.596. The average Bonchev–Trinajstić information content (AvgIpc) is 2.47. The van der Waals surface area contributed by atoms with Crippen LogP contribution in [0.15, 0.2) is 48.9 Å². The number of fused-ring (bicyclic) bond motifs is 1. The number of allylic oxidation sites excluding steroid dienone is 4. The van der Waals surface area contributed by atoms with Crippen LogP contribution in [0.4, 0.5) is 0 Å². The first-order chi connectivity index (χ1) is 6.29. The van der Waals surface area contributed by atoms with Gasteiger partial charge in [-0.3, -0.25) is 0 Å². The molecule has 0 aromatic carbocycles. The fraction of sp³-hybridized carbons (Fsp3) is 0.333. The molecular weight excluding hydrogens is 158 g/mol. The van der Waals surface area contributed by atoms with Crippen LogP contribution in [0.5, 0.6) is 0 Å². The molecule has 1 aliphatic carbocycles. The van der Waals surface area contributed by atoms with Gasteiger partial charge in [-0.2, -0.15) is 0 Å². The lowest BCUT2D eigenvalue weighted by Crippen LogP contribution is -2.06. The number of hydrogen-bond acceptors (Lipinski definition) is 1. The van der Waals surface area contributed by atoms with Gasteiger partial charge in [0, 0.05) is 23.2 Å². The van der Waals surface area contributed by atoms with Gasteiger partial charge in [-0.1, -0.05) is 51.3 Å². The molecular formula is C12H17N. The van der Waals surface area contributed by atoms with Crippen molar-refractivity contribution < 1.29 is 0 Å². The van der Waals surface area contributed by atoms with E-state index >= 15 is 0 Å². The highest BCUT2D eigenvalue weighted by atomic mass is 15.0. The average molecular weight is 175 g/mol. The highest BCUT2D eigenvalue weighted by Crippen LogP contribution is 2.34. The molecule has 1 nitrogen and oxygen atoms in total. The third kappa shape index (κ3) is 1.74. The Labute approximate surface area is 80.5 Å². The van der Waals surface area contributed by atoms with Gasteiger partial charge in [0.2, 0.25) is 0 Å². The monoisotopic (exact) mass is 175 g/mol. The number of hydrogen-bond donors (Lipinski definition) is 1. The minimum absolute atomic E-state index is 0.437. The van der Waals surface area contributed by atoms with E-state index in [4.69, 9.17) is 0 Å². The van der Waals surface area contributed by atoms with Crippen molar-refractivity contribution in [1.29, 1.82) is 0 Å². The second-order valence-corrected chi connectivity index (χ2v) is 3.00. The summed E-state index contributed by atoms with van der Waals surface area (Å²) in [5, 5.41) is 3.17. The van der Waals surface area contributed by atoms with Crippen LogP contribution in [0.3, 0.4) is 0 Å². The SMILES string of the molecule is C=C1NC(=C)C2C=CC=CC12.CC. The molecule has 2 atom stereocenters. The Balaban J connectivity index is 0.000000396. The van der Waals surface area contributed by atoms with Gasteiger partial charge in [0.15, 0.2) is 0 Å². The van der Waals surface area contributed by atoms with E-state index in [0.717, 1.165) is 11.4 Å². The van der Waals surface area contributed by atoms with Gasteiger partial charge >= 0.3 is 0 Å². The molecule has 1 fully saturated rings. The molecule has 0 radical (unpaired) electrons. The Morgan fingerprint density at radius 2 is 1.38 bits per heavy atom. The van der Waals surface area contributed by atoms with E-state index in [1.165, 1.54) is 0 Å². The normalized spacial score (nSPS) is 29.1. The van der Waals surface area contributed by atoms with Gasteiger partial charge in [0.1, 0.15) is 0 Å². The standard InChI is InChI=1S/C10H11N.C2H6/c1-7-9-5-3-4-6-10(9)8(2)11-7;1-2/h3-6,9-11H,1-2H2;1-2H3. The maximum atomic E-state index is 3.93. The Hall–Kier alpha value is -1.24. The maximum absolute atomic E-state index is 3.93. The van der Waals surface area contributed by atoms with Crippen LogP contribution in [0.2, 0.25) is 0 Å². The fourth-order valence-electron chi connectivity index (χ4n) is 1.65. The van der Waals surface area contributed by atoms with Crippen molar-refractivity contribution in [2.75, 3.05) is 0 Å². The van der Waals surface area contributed by atoms with Crippen molar-refractivity contribution in [2.24, 2.45) is 11.8 Å². The molecule has 13 heavy (non-hydrogen) atoms. The predicted molar refractivity (Wildman–Crippen MR) is 58.0 cm³/mol. The maximum Gasteiger partial charge on any atom is 0.0284 e. The summed E-state index contributed by atoms with van der Waals surface area (Å²) in [5.41, 5.74) is 2.14. The van der Waals surface area contributed by atoms with E-state index in [0.29, 0.717) is 11.8 Å². The van der Waals surface area contributed by atoms with Gasteiger partial charge in [0.05, 0.1) is 0 Å². The first-order valence-electron chi connectivity index (χ1n) is 4.78. The van der Waals surface area contributed by atoms with Crippen molar-refractivity contribution in [3.63, 3.8) is 0 Å². The van der Waals surface area contributed by atoms with E-state index in [1.54, 1.807) is 0 Å². The summed E-state index contributed by atoms with van der Waals surface area (Å²) in [5.74, 6) is 0.875. The molecule has 0 aromatic rings. The fourth-order valence-corrected chi connectivity index (χ4v) is 1.65. The van der Waals surface area contributed by atoms with Crippen LogP contribution in [-0.2, 0) is 0 Å². The zero-order valence-corrected chi connectivity index (χ0v) is 8.38.